The lowest BCUT2D eigenvalue weighted by molar-refractivity contribution is -0.136. The number of methoxy groups -OCH3 is 2. The van der Waals surface area contributed by atoms with Crippen molar-refractivity contribution in [1.29, 1.82) is 0 Å². The molecule has 1 fully saturated rings. The zero-order chi connectivity index (χ0) is 29.5. The van der Waals surface area contributed by atoms with Crippen LogP contribution in [0.3, 0.4) is 0 Å². The number of amides is 1. The maximum atomic E-state index is 13.1. The maximum Gasteiger partial charge on any atom is 0.344 e. The molecule has 0 radical (unpaired) electrons. The molecular weight excluding hydrogens is 546 g/mol. The molecule has 2 aliphatic rings. The van der Waals surface area contributed by atoms with Crippen LogP contribution in [-0.4, -0.2) is 54.5 Å². The van der Waals surface area contributed by atoms with E-state index in [1.807, 2.05) is 0 Å². The van der Waals surface area contributed by atoms with E-state index in [0.717, 1.165) is 12.1 Å². The minimum atomic E-state index is -0.540. The van der Waals surface area contributed by atoms with Gasteiger partial charge in [-0.3, -0.25) is 14.8 Å². The molecule has 2 aromatic heterocycles. The molecule has 2 unspecified atom stereocenters. The number of piperidine rings is 1. The fourth-order valence-corrected chi connectivity index (χ4v) is 5.91. The van der Waals surface area contributed by atoms with Gasteiger partial charge in [0.15, 0.2) is 18.1 Å². The molecule has 2 aromatic carbocycles. The molecule has 2 aliphatic heterocycles. The highest BCUT2D eigenvalue weighted by atomic mass is 16.8. The second kappa shape index (κ2) is 10.9. The Kier molecular flexibility index (Phi) is 7.09. The van der Waals surface area contributed by atoms with Crippen LogP contribution in [0.1, 0.15) is 18.0 Å². The Morgan fingerprint density at radius 2 is 1.83 bits per heavy atom. The molecule has 218 valence electrons. The number of fused-ring (bicyclic) bond motifs is 5. The molecular formula is C30H28N3O9-. The summed E-state index contributed by atoms with van der Waals surface area (Å²) in [4.78, 5) is 40.3. The third-order valence-electron chi connectivity index (χ3n) is 7.91. The van der Waals surface area contributed by atoms with E-state index in [-0.39, 0.29) is 30.0 Å². The molecule has 2 bridgehead atoms. The van der Waals surface area contributed by atoms with Crippen molar-refractivity contribution in [3.05, 3.63) is 86.3 Å². The lowest BCUT2D eigenvalue weighted by Gasteiger charge is -2.43. The van der Waals surface area contributed by atoms with E-state index in [9.17, 15) is 24.8 Å². The van der Waals surface area contributed by atoms with Crippen LogP contribution in [0.25, 0.3) is 22.1 Å². The molecule has 4 heterocycles. The van der Waals surface area contributed by atoms with Crippen molar-refractivity contribution in [2.75, 3.05) is 39.1 Å². The van der Waals surface area contributed by atoms with Gasteiger partial charge >= 0.3 is 5.63 Å². The smallest absolute Gasteiger partial charge is 0.344 e. The first kappa shape index (κ1) is 27.4. The second-order valence-corrected chi connectivity index (χ2v) is 10.4. The summed E-state index contributed by atoms with van der Waals surface area (Å²) in [6.07, 6.45) is 0.818. The Hall–Kier alpha value is -4.81. The van der Waals surface area contributed by atoms with Gasteiger partial charge in [0.1, 0.15) is 17.0 Å². The van der Waals surface area contributed by atoms with Crippen LogP contribution in [0.2, 0.25) is 0 Å². The van der Waals surface area contributed by atoms with Crippen molar-refractivity contribution in [2.24, 2.45) is 5.92 Å². The van der Waals surface area contributed by atoms with Crippen molar-refractivity contribution in [3.63, 3.8) is 0 Å². The predicted octanol–water partition coefficient (Wildman–Crippen LogP) is 3.36. The second-order valence-electron chi connectivity index (χ2n) is 10.4. The number of pyridine rings is 1. The first-order chi connectivity index (χ1) is 20.2. The quantitative estimate of drug-likeness (QED) is 0.257. The van der Waals surface area contributed by atoms with Gasteiger partial charge in [0.2, 0.25) is 0 Å². The number of anilines is 1. The van der Waals surface area contributed by atoms with Crippen molar-refractivity contribution in [1.82, 2.24) is 9.47 Å². The number of aromatic nitrogens is 1. The van der Waals surface area contributed by atoms with Crippen LogP contribution >= 0.6 is 0 Å². The number of benzene rings is 2. The highest BCUT2D eigenvalue weighted by Gasteiger charge is 2.36. The number of rotatable bonds is 7. The van der Waals surface area contributed by atoms with Crippen LogP contribution in [0.15, 0.2) is 68.6 Å². The van der Waals surface area contributed by atoms with Gasteiger partial charge in [0, 0.05) is 42.7 Å². The number of carbonyl (C=O) groups excluding carboxylic acids is 1. The Balaban J connectivity index is 1.15. The third kappa shape index (κ3) is 4.95. The normalized spacial score (nSPS) is 17.5. The van der Waals surface area contributed by atoms with E-state index < -0.39 is 16.4 Å². The van der Waals surface area contributed by atoms with Crippen LogP contribution in [0.4, 0.5) is 5.69 Å². The molecule has 0 saturated carbocycles. The monoisotopic (exact) mass is 574 g/mol. The van der Waals surface area contributed by atoms with E-state index in [2.05, 4.69) is 0 Å². The zero-order valence-electron chi connectivity index (χ0n) is 22.9. The average Bonchev–Trinajstić information content (AvgIpc) is 2.99. The summed E-state index contributed by atoms with van der Waals surface area (Å²) in [5.74, 6) is 1.17. The van der Waals surface area contributed by atoms with E-state index in [1.165, 1.54) is 24.9 Å². The molecule has 4 aromatic rings. The zero-order valence-corrected chi connectivity index (χ0v) is 22.9. The number of ether oxygens (including phenoxy) is 3. The lowest BCUT2D eigenvalue weighted by atomic mass is 9.83. The summed E-state index contributed by atoms with van der Waals surface area (Å²) in [6, 6.07) is 14.9. The summed E-state index contributed by atoms with van der Waals surface area (Å²) in [7, 11) is 3.06. The summed E-state index contributed by atoms with van der Waals surface area (Å²) < 4.78 is 23.5. The Bertz CT molecular complexity index is 1800. The summed E-state index contributed by atoms with van der Waals surface area (Å²) >= 11 is 0. The number of hydrogen-bond acceptors (Lipinski definition) is 10. The van der Waals surface area contributed by atoms with Gasteiger partial charge in [-0.1, -0.05) is 6.07 Å². The van der Waals surface area contributed by atoms with E-state index in [4.69, 9.17) is 18.6 Å². The molecule has 1 amide bonds. The van der Waals surface area contributed by atoms with Gasteiger partial charge in [-0.2, -0.15) is 0 Å². The van der Waals surface area contributed by atoms with Gasteiger partial charge < -0.3 is 38.5 Å². The van der Waals surface area contributed by atoms with Crippen molar-refractivity contribution in [2.45, 2.75) is 18.9 Å². The third-order valence-corrected chi connectivity index (χ3v) is 7.91. The molecule has 0 spiro atoms. The van der Waals surface area contributed by atoms with Gasteiger partial charge in [0.25, 0.3) is 11.5 Å². The maximum absolute atomic E-state index is 13.1. The Labute approximate surface area is 239 Å². The standard InChI is InChI=1S/C30H28N3O9/c1-39-25-8-4-18(11-27(25)40-2)22-10-19-3-5-21(12-26(19)42-30(22)36)41-16-28(34)31-13-17-9-20(15-31)23-6-7-24(33(37)38)29(35)32(23)14-17/h3-8,10-12,17,20,37H,9,13-16H2,1-2H3/q-1. The lowest BCUT2D eigenvalue weighted by Crippen LogP contribution is -2.50. The highest BCUT2D eigenvalue weighted by molar-refractivity contribution is 5.83. The molecule has 1 N–H and O–H groups in total. The highest BCUT2D eigenvalue weighted by Crippen LogP contribution is 2.36. The van der Waals surface area contributed by atoms with Crippen molar-refractivity contribution in [3.8, 4) is 28.4 Å². The van der Waals surface area contributed by atoms with Crippen LogP contribution in [0, 0.1) is 11.1 Å². The first-order valence-corrected chi connectivity index (χ1v) is 13.4. The summed E-state index contributed by atoms with van der Waals surface area (Å²) in [5, 5.41) is 20.8. The number of hydrogen-bond donors (Lipinski definition) is 1. The molecule has 0 aliphatic carbocycles. The van der Waals surface area contributed by atoms with E-state index in [0.29, 0.717) is 59.0 Å². The topological polar surface area (TPSA) is 147 Å². The van der Waals surface area contributed by atoms with Crippen LogP contribution < -0.4 is 30.6 Å². The molecule has 6 rings (SSSR count). The average molecular weight is 575 g/mol. The number of nitrogens with zero attached hydrogens (tertiary/aromatic N) is 3. The minimum absolute atomic E-state index is 0.0294. The van der Waals surface area contributed by atoms with Crippen molar-refractivity contribution >= 4 is 22.6 Å². The Morgan fingerprint density at radius 1 is 1.02 bits per heavy atom. The molecule has 12 nitrogen and oxygen atoms in total. The largest absolute Gasteiger partial charge is 0.733 e. The van der Waals surface area contributed by atoms with Gasteiger partial charge in [-0.15, -0.1) is 0 Å². The van der Waals surface area contributed by atoms with Crippen LogP contribution in [0.5, 0.6) is 17.2 Å². The number of likely N-dealkylation sites (tertiary alicyclic amines) is 1. The number of carbonyl (C=O) groups is 1. The van der Waals surface area contributed by atoms with Gasteiger partial charge in [0.05, 0.1) is 19.8 Å². The predicted molar refractivity (Wildman–Crippen MR) is 152 cm³/mol. The molecule has 12 heteroatoms. The van der Waals surface area contributed by atoms with E-state index in [1.54, 1.807) is 53.4 Å². The minimum Gasteiger partial charge on any atom is -0.733 e. The summed E-state index contributed by atoms with van der Waals surface area (Å²) in [5.41, 5.74) is 0.639. The van der Waals surface area contributed by atoms with Gasteiger partial charge in [-0.25, -0.2) is 4.79 Å². The molecule has 2 atom stereocenters. The van der Waals surface area contributed by atoms with Crippen molar-refractivity contribution < 1.29 is 28.6 Å². The van der Waals surface area contributed by atoms with Gasteiger partial charge in [-0.05, 0) is 60.4 Å². The van der Waals surface area contributed by atoms with Crippen LogP contribution in [-0.2, 0) is 11.3 Å². The fourth-order valence-electron chi connectivity index (χ4n) is 5.91. The Morgan fingerprint density at radius 3 is 2.60 bits per heavy atom. The molecule has 42 heavy (non-hydrogen) atoms. The SMILES string of the molecule is COc1ccc(-c2cc3ccc(OCC(=O)N4CC5CC(C4)c4ccc(N([O-])O)c(=O)n4C5)cc3oc2=O)cc1OC. The summed E-state index contributed by atoms with van der Waals surface area (Å²) in [6.45, 7) is 0.996. The van der Waals surface area contributed by atoms with E-state index >= 15 is 0 Å². The first-order valence-electron chi connectivity index (χ1n) is 13.4. The molecule has 1 saturated heterocycles. The fraction of sp³-hybridized carbons (Fsp3) is 0.300.